The molecule has 1 heterocycles. The minimum atomic E-state index is -0.245. The van der Waals surface area contributed by atoms with Gasteiger partial charge in [0.2, 0.25) is 0 Å². The van der Waals surface area contributed by atoms with E-state index in [2.05, 4.69) is 4.90 Å². The SMILES string of the molecule is COc1cccc(CN2CCC(N)CC2)c1F. The Morgan fingerprint density at radius 3 is 2.76 bits per heavy atom. The molecule has 17 heavy (non-hydrogen) atoms. The molecular formula is C13H19FN2O. The summed E-state index contributed by atoms with van der Waals surface area (Å²) in [6.07, 6.45) is 1.98. The highest BCUT2D eigenvalue weighted by Crippen LogP contribution is 2.22. The smallest absolute Gasteiger partial charge is 0.169 e. The van der Waals surface area contributed by atoms with Crippen LogP contribution in [0.5, 0.6) is 5.75 Å². The molecule has 0 atom stereocenters. The van der Waals surface area contributed by atoms with E-state index in [1.807, 2.05) is 12.1 Å². The van der Waals surface area contributed by atoms with Crippen molar-refractivity contribution in [1.29, 1.82) is 0 Å². The fraction of sp³-hybridized carbons (Fsp3) is 0.538. The van der Waals surface area contributed by atoms with E-state index in [1.54, 1.807) is 6.07 Å². The summed E-state index contributed by atoms with van der Waals surface area (Å²) < 4.78 is 18.9. The third-order valence-corrected chi connectivity index (χ3v) is 3.29. The Labute approximate surface area is 101 Å². The van der Waals surface area contributed by atoms with Crippen molar-refractivity contribution < 1.29 is 9.13 Å². The topological polar surface area (TPSA) is 38.5 Å². The van der Waals surface area contributed by atoms with Gasteiger partial charge < -0.3 is 10.5 Å². The van der Waals surface area contributed by atoms with Gasteiger partial charge in [0.15, 0.2) is 11.6 Å². The molecule has 0 saturated carbocycles. The number of benzene rings is 1. The molecule has 0 amide bonds. The molecule has 2 rings (SSSR count). The molecule has 1 aliphatic rings. The Hall–Kier alpha value is -1.13. The molecule has 0 unspecified atom stereocenters. The van der Waals surface area contributed by atoms with Crippen molar-refractivity contribution in [3.05, 3.63) is 29.6 Å². The monoisotopic (exact) mass is 238 g/mol. The van der Waals surface area contributed by atoms with Gasteiger partial charge in [-0.15, -0.1) is 0 Å². The van der Waals surface area contributed by atoms with E-state index in [4.69, 9.17) is 10.5 Å². The van der Waals surface area contributed by atoms with Crippen molar-refractivity contribution >= 4 is 0 Å². The van der Waals surface area contributed by atoms with Crippen LogP contribution in [0, 0.1) is 5.82 Å². The molecule has 0 radical (unpaired) electrons. The molecule has 1 aromatic rings. The van der Waals surface area contributed by atoms with E-state index >= 15 is 0 Å². The molecular weight excluding hydrogens is 219 g/mol. The van der Waals surface area contributed by atoms with Crippen LogP contribution >= 0.6 is 0 Å². The standard InChI is InChI=1S/C13H19FN2O/c1-17-12-4-2-3-10(13(12)14)9-16-7-5-11(15)6-8-16/h2-4,11H,5-9,15H2,1H3. The van der Waals surface area contributed by atoms with Crippen molar-refractivity contribution in [1.82, 2.24) is 4.90 Å². The van der Waals surface area contributed by atoms with Gasteiger partial charge >= 0.3 is 0 Å². The molecule has 1 saturated heterocycles. The second kappa shape index (κ2) is 5.47. The van der Waals surface area contributed by atoms with Crippen LogP contribution in [0.25, 0.3) is 0 Å². The lowest BCUT2D eigenvalue weighted by atomic mass is 10.1. The molecule has 4 heteroatoms. The Bertz CT molecular complexity index is 376. The third kappa shape index (κ3) is 2.96. The molecule has 0 aliphatic carbocycles. The van der Waals surface area contributed by atoms with Crippen LogP contribution in [0.15, 0.2) is 18.2 Å². The number of ether oxygens (including phenoxy) is 1. The third-order valence-electron chi connectivity index (χ3n) is 3.29. The van der Waals surface area contributed by atoms with Crippen LogP contribution in [-0.2, 0) is 6.54 Å². The van der Waals surface area contributed by atoms with Gasteiger partial charge in [0.05, 0.1) is 7.11 Å². The summed E-state index contributed by atoms with van der Waals surface area (Å²) >= 11 is 0. The summed E-state index contributed by atoms with van der Waals surface area (Å²) in [5.74, 6) is 0.0704. The first-order valence-corrected chi connectivity index (χ1v) is 6.00. The number of nitrogens with zero attached hydrogens (tertiary/aromatic N) is 1. The lowest BCUT2D eigenvalue weighted by Crippen LogP contribution is -2.39. The summed E-state index contributed by atoms with van der Waals surface area (Å²) in [5, 5.41) is 0. The normalized spacial score (nSPS) is 18.3. The average molecular weight is 238 g/mol. The van der Waals surface area contributed by atoms with Gasteiger partial charge in [0.25, 0.3) is 0 Å². The number of nitrogens with two attached hydrogens (primary N) is 1. The summed E-state index contributed by atoms with van der Waals surface area (Å²) in [7, 11) is 1.49. The number of likely N-dealkylation sites (tertiary alicyclic amines) is 1. The zero-order valence-corrected chi connectivity index (χ0v) is 10.2. The maximum absolute atomic E-state index is 13.9. The van der Waals surface area contributed by atoms with Crippen LogP contribution in [0.3, 0.4) is 0 Å². The highest BCUT2D eigenvalue weighted by molar-refractivity contribution is 5.31. The van der Waals surface area contributed by atoms with Crippen LogP contribution in [-0.4, -0.2) is 31.1 Å². The highest BCUT2D eigenvalue weighted by Gasteiger charge is 2.18. The zero-order chi connectivity index (χ0) is 12.3. The predicted octanol–water partition coefficient (Wildman–Crippen LogP) is 1.76. The van der Waals surface area contributed by atoms with Crippen LogP contribution < -0.4 is 10.5 Å². The van der Waals surface area contributed by atoms with E-state index < -0.39 is 0 Å². The van der Waals surface area contributed by atoms with E-state index in [9.17, 15) is 4.39 Å². The molecule has 1 aliphatic heterocycles. The maximum atomic E-state index is 13.9. The predicted molar refractivity (Wildman–Crippen MR) is 65.4 cm³/mol. The minimum Gasteiger partial charge on any atom is -0.494 e. The molecule has 1 fully saturated rings. The maximum Gasteiger partial charge on any atom is 0.169 e. The number of hydrogen-bond acceptors (Lipinski definition) is 3. The molecule has 94 valence electrons. The van der Waals surface area contributed by atoms with Gasteiger partial charge in [-0.25, -0.2) is 4.39 Å². The van der Waals surface area contributed by atoms with Crippen LogP contribution in [0.2, 0.25) is 0 Å². The number of rotatable bonds is 3. The Morgan fingerprint density at radius 1 is 1.41 bits per heavy atom. The Morgan fingerprint density at radius 2 is 2.12 bits per heavy atom. The van der Waals surface area contributed by atoms with Gasteiger partial charge in [0.1, 0.15) is 0 Å². The molecule has 0 aromatic heterocycles. The van der Waals surface area contributed by atoms with Crippen molar-refractivity contribution in [2.45, 2.75) is 25.4 Å². The quantitative estimate of drug-likeness (QED) is 0.872. The van der Waals surface area contributed by atoms with Crippen LogP contribution in [0.1, 0.15) is 18.4 Å². The second-order valence-electron chi connectivity index (χ2n) is 4.55. The second-order valence-corrected chi connectivity index (χ2v) is 4.55. The summed E-state index contributed by atoms with van der Waals surface area (Å²) in [6.45, 7) is 2.52. The van der Waals surface area contributed by atoms with Crippen molar-refractivity contribution in [2.75, 3.05) is 20.2 Å². The fourth-order valence-corrected chi connectivity index (χ4v) is 2.19. The number of halogens is 1. The summed E-state index contributed by atoms with van der Waals surface area (Å²) in [4.78, 5) is 2.24. The van der Waals surface area contributed by atoms with Crippen molar-refractivity contribution in [3.8, 4) is 5.75 Å². The van der Waals surface area contributed by atoms with Gasteiger partial charge in [-0.05, 0) is 32.0 Å². The first kappa shape index (κ1) is 12.3. The average Bonchev–Trinajstić information content (AvgIpc) is 2.35. The highest BCUT2D eigenvalue weighted by atomic mass is 19.1. The number of hydrogen-bond donors (Lipinski definition) is 1. The Balaban J connectivity index is 2.03. The van der Waals surface area contributed by atoms with Crippen molar-refractivity contribution in [2.24, 2.45) is 5.73 Å². The van der Waals surface area contributed by atoms with Gasteiger partial charge in [-0.2, -0.15) is 0 Å². The van der Waals surface area contributed by atoms with Gasteiger partial charge in [0, 0.05) is 18.2 Å². The minimum absolute atomic E-state index is 0.245. The zero-order valence-electron chi connectivity index (χ0n) is 10.2. The van der Waals surface area contributed by atoms with E-state index in [0.717, 1.165) is 25.9 Å². The van der Waals surface area contributed by atoms with E-state index in [0.29, 0.717) is 23.9 Å². The number of piperidine rings is 1. The lowest BCUT2D eigenvalue weighted by molar-refractivity contribution is 0.203. The van der Waals surface area contributed by atoms with Gasteiger partial charge in [-0.1, -0.05) is 12.1 Å². The van der Waals surface area contributed by atoms with Crippen LogP contribution in [0.4, 0.5) is 4.39 Å². The van der Waals surface area contributed by atoms with Crippen molar-refractivity contribution in [3.63, 3.8) is 0 Å². The summed E-state index contributed by atoms with van der Waals surface area (Å²) in [5.41, 5.74) is 6.54. The molecule has 3 nitrogen and oxygen atoms in total. The molecule has 1 aromatic carbocycles. The van der Waals surface area contributed by atoms with E-state index in [1.165, 1.54) is 7.11 Å². The fourth-order valence-electron chi connectivity index (χ4n) is 2.19. The molecule has 0 bridgehead atoms. The first-order valence-electron chi connectivity index (χ1n) is 6.00. The first-order chi connectivity index (χ1) is 8.20. The lowest BCUT2D eigenvalue weighted by Gasteiger charge is -2.30. The molecule has 2 N–H and O–H groups in total. The van der Waals surface area contributed by atoms with Gasteiger partial charge in [-0.3, -0.25) is 4.90 Å². The molecule has 0 spiro atoms. The van der Waals surface area contributed by atoms with E-state index in [-0.39, 0.29) is 5.82 Å². The largest absolute Gasteiger partial charge is 0.494 e. The Kier molecular flexibility index (Phi) is 3.97. The summed E-state index contributed by atoms with van der Waals surface area (Å²) in [6, 6.07) is 5.59. The number of methoxy groups -OCH3 is 1.